The molecule has 0 saturated heterocycles. The number of benzene rings is 1. The third-order valence-corrected chi connectivity index (χ3v) is 2.48. The SMILES string of the molecule is CCNCC(O)Cc1cc(F)cc(Br)c1. The summed E-state index contributed by atoms with van der Waals surface area (Å²) >= 11 is 3.22. The van der Waals surface area contributed by atoms with Crippen LogP contribution in [0, 0.1) is 5.82 Å². The highest BCUT2D eigenvalue weighted by Gasteiger charge is 2.06. The summed E-state index contributed by atoms with van der Waals surface area (Å²) in [5.41, 5.74) is 0.798. The van der Waals surface area contributed by atoms with Crippen LogP contribution in [0.3, 0.4) is 0 Å². The highest BCUT2D eigenvalue weighted by Crippen LogP contribution is 2.16. The molecule has 2 nitrogen and oxygen atoms in total. The number of halogens is 2. The first-order valence-corrected chi connectivity index (χ1v) is 5.75. The molecule has 1 aromatic carbocycles. The maximum Gasteiger partial charge on any atom is 0.124 e. The van der Waals surface area contributed by atoms with Gasteiger partial charge in [-0.2, -0.15) is 0 Å². The highest BCUT2D eigenvalue weighted by atomic mass is 79.9. The summed E-state index contributed by atoms with van der Waals surface area (Å²) < 4.78 is 13.7. The predicted octanol–water partition coefficient (Wildman–Crippen LogP) is 2.10. The van der Waals surface area contributed by atoms with Crippen molar-refractivity contribution in [2.75, 3.05) is 13.1 Å². The molecule has 0 aliphatic carbocycles. The zero-order chi connectivity index (χ0) is 11.3. The number of hydrogen-bond acceptors (Lipinski definition) is 2. The lowest BCUT2D eigenvalue weighted by molar-refractivity contribution is 0.172. The molecule has 4 heteroatoms. The molecule has 0 amide bonds. The van der Waals surface area contributed by atoms with Crippen molar-refractivity contribution in [2.24, 2.45) is 0 Å². The Morgan fingerprint density at radius 1 is 1.47 bits per heavy atom. The van der Waals surface area contributed by atoms with Crippen LogP contribution in [0.15, 0.2) is 22.7 Å². The molecular weight excluding hydrogens is 261 g/mol. The number of nitrogens with one attached hydrogen (secondary N) is 1. The maximum absolute atomic E-state index is 13.0. The molecule has 0 fully saturated rings. The van der Waals surface area contributed by atoms with E-state index in [4.69, 9.17) is 0 Å². The Morgan fingerprint density at radius 3 is 2.80 bits per heavy atom. The Kier molecular flexibility index (Phi) is 5.22. The summed E-state index contributed by atoms with van der Waals surface area (Å²) in [6.07, 6.45) is -0.0118. The maximum atomic E-state index is 13.0. The molecule has 1 aromatic rings. The summed E-state index contributed by atoms with van der Waals surface area (Å²) in [7, 11) is 0. The molecule has 84 valence electrons. The van der Waals surface area contributed by atoms with E-state index in [1.54, 1.807) is 0 Å². The number of likely N-dealkylation sites (N-methyl/N-ethyl adjacent to an activating group) is 1. The van der Waals surface area contributed by atoms with Crippen molar-refractivity contribution in [2.45, 2.75) is 19.4 Å². The standard InChI is InChI=1S/C11H15BrFNO/c1-2-14-7-11(15)5-8-3-9(12)6-10(13)4-8/h3-4,6,11,14-15H,2,5,7H2,1H3. The van der Waals surface area contributed by atoms with Gasteiger partial charge in [-0.15, -0.1) is 0 Å². The highest BCUT2D eigenvalue weighted by molar-refractivity contribution is 9.10. The Balaban J connectivity index is 2.56. The fourth-order valence-electron chi connectivity index (χ4n) is 1.38. The number of aliphatic hydroxyl groups is 1. The molecule has 1 rings (SSSR count). The number of aliphatic hydroxyl groups excluding tert-OH is 1. The summed E-state index contributed by atoms with van der Waals surface area (Å²) in [6, 6.07) is 4.67. The fourth-order valence-corrected chi connectivity index (χ4v) is 1.90. The summed E-state index contributed by atoms with van der Waals surface area (Å²) in [6.45, 7) is 3.33. The van der Waals surface area contributed by atoms with Crippen LogP contribution in [-0.4, -0.2) is 24.3 Å². The molecule has 2 N–H and O–H groups in total. The Morgan fingerprint density at radius 2 is 2.20 bits per heavy atom. The first-order chi connectivity index (χ1) is 7.11. The van der Waals surface area contributed by atoms with Crippen molar-refractivity contribution in [3.8, 4) is 0 Å². The average Bonchev–Trinajstić information content (AvgIpc) is 2.13. The van der Waals surface area contributed by atoms with Crippen LogP contribution in [0.5, 0.6) is 0 Å². The van der Waals surface area contributed by atoms with Crippen molar-refractivity contribution in [3.05, 3.63) is 34.1 Å². The van der Waals surface area contributed by atoms with Crippen molar-refractivity contribution < 1.29 is 9.50 Å². The molecule has 0 aromatic heterocycles. The fraction of sp³-hybridized carbons (Fsp3) is 0.455. The Labute approximate surface area is 97.6 Å². The van der Waals surface area contributed by atoms with Gasteiger partial charge in [0, 0.05) is 11.0 Å². The molecule has 0 aliphatic heterocycles. The van der Waals surface area contributed by atoms with Crippen molar-refractivity contribution >= 4 is 15.9 Å². The largest absolute Gasteiger partial charge is 0.391 e. The van der Waals surface area contributed by atoms with E-state index >= 15 is 0 Å². The van der Waals surface area contributed by atoms with Gasteiger partial charge in [0.25, 0.3) is 0 Å². The van der Waals surface area contributed by atoms with E-state index in [9.17, 15) is 9.50 Å². The second-order valence-electron chi connectivity index (χ2n) is 3.44. The lowest BCUT2D eigenvalue weighted by Crippen LogP contribution is -2.28. The predicted molar refractivity (Wildman–Crippen MR) is 62.4 cm³/mol. The van der Waals surface area contributed by atoms with Gasteiger partial charge in [-0.05, 0) is 36.7 Å². The monoisotopic (exact) mass is 275 g/mol. The van der Waals surface area contributed by atoms with Gasteiger partial charge in [0.05, 0.1) is 6.10 Å². The minimum Gasteiger partial charge on any atom is -0.391 e. The number of rotatable bonds is 5. The van der Waals surface area contributed by atoms with Gasteiger partial charge >= 0.3 is 0 Å². The quantitative estimate of drug-likeness (QED) is 0.863. The second kappa shape index (κ2) is 6.20. The second-order valence-corrected chi connectivity index (χ2v) is 4.36. The van der Waals surface area contributed by atoms with E-state index in [2.05, 4.69) is 21.2 Å². The van der Waals surface area contributed by atoms with Crippen LogP contribution in [0.25, 0.3) is 0 Å². The van der Waals surface area contributed by atoms with Gasteiger partial charge in [-0.3, -0.25) is 0 Å². The minimum atomic E-state index is -0.473. The summed E-state index contributed by atoms with van der Waals surface area (Å²) in [4.78, 5) is 0. The van der Waals surface area contributed by atoms with Gasteiger partial charge in [0.1, 0.15) is 5.82 Å². The Hall–Kier alpha value is -0.450. The molecule has 15 heavy (non-hydrogen) atoms. The van der Waals surface area contributed by atoms with Crippen LogP contribution < -0.4 is 5.32 Å². The van der Waals surface area contributed by atoms with Gasteiger partial charge in [0.15, 0.2) is 0 Å². The molecule has 0 saturated carbocycles. The smallest absolute Gasteiger partial charge is 0.124 e. The summed E-state index contributed by atoms with van der Waals surface area (Å²) in [5.74, 6) is -0.282. The van der Waals surface area contributed by atoms with E-state index < -0.39 is 6.10 Å². The third-order valence-electron chi connectivity index (χ3n) is 2.02. The van der Waals surface area contributed by atoms with E-state index in [0.29, 0.717) is 17.4 Å². The van der Waals surface area contributed by atoms with Crippen LogP contribution in [0.4, 0.5) is 4.39 Å². The van der Waals surface area contributed by atoms with Gasteiger partial charge < -0.3 is 10.4 Å². The molecule has 1 atom stereocenters. The van der Waals surface area contributed by atoms with Crippen molar-refractivity contribution in [1.82, 2.24) is 5.32 Å². The minimum absolute atomic E-state index is 0.282. The molecule has 0 aliphatic rings. The third kappa shape index (κ3) is 4.73. The van der Waals surface area contributed by atoms with Crippen LogP contribution >= 0.6 is 15.9 Å². The van der Waals surface area contributed by atoms with E-state index in [1.807, 2.05) is 13.0 Å². The zero-order valence-electron chi connectivity index (χ0n) is 8.63. The van der Waals surface area contributed by atoms with E-state index in [1.165, 1.54) is 12.1 Å². The van der Waals surface area contributed by atoms with Crippen molar-refractivity contribution in [3.63, 3.8) is 0 Å². The zero-order valence-corrected chi connectivity index (χ0v) is 10.2. The first-order valence-electron chi connectivity index (χ1n) is 4.95. The van der Waals surface area contributed by atoms with Crippen LogP contribution in [0.2, 0.25) is 0 Å². The average molecular weight is 276 g/mol. The molecule has 0 radical (unpaired) electrons. The van der Waals surface area contributed by atoms with Gasteiger partial charge in [0.2, 0.25) is 0 Å². The molecule has 0 spiro atoms. The normalized spacial score (nSPS) is 12.8. The van der Waals surface area contributed by atoms with Gasteiger partial charge in [-0.25, -0.2) is 4.39 Å². The molecule has 0 bridgehead atoms. The van der Waals surface area contributed by atoms with Crippen LogP contribution in [-0.2, 0) is 6.42 Å². The summed E-state index contributed by atoms with van der Waals surface area (Å²) in [5, 5.41) is 12.7. The van der Waals surface area contributed by atoms with E-state index in [0.717, 1.165) is 12.1 Å². The van der Waals surface area contributed by atoms with E-state index in [-0.39, 0.29) is 5.82 Å². The number of hydrogen-bond donors (Lipinski definition) is 2. The first kappa shape index (κ1) is 12.6. The van der Waals surface area contributed by atoms with Crippen molar-refractivity contribution in [1.29, 1.82) is 0 Å². The lowest BCUT2D eigenvalue weighted by atomic mass is 10.1. The molecule has 0 heterocycles. The van der Waals surface area contributed by atoms with Gasteiger partial charge in [-0.1, -0.05) is 22.9 Å². The molecule has 1 unspecified atom stereocenters. The van der Waals surface area contributed by atoms with Crippen LogP contribution in [0.1, 0.15) is 12.5 Å². The topological polar surface area (TPSA) is 32.3 Å². The Bertz CT molecular complexity index is 299. The lowest BCUT2D eigenvalue weighted by Gasteiger charge is -2.11. The molecular formula is C11H15BrFNO.